The lowest BCUT2D eigenvalue weighted by Crippen LogP contribution is -2.18. The maximum Gasteiger partial charge on any atom is 0.0502 e. The van der Waals surface area contributed by atoms with Crippen molar-refractivity contribution in [3.8, 4) is 0 Å². The van der Waals surface area contributed by atoms with E-state index in [0.717, 1.165) is 20.7 Å². The fourth-order valence-corrected chi connectivity index (χ4v) is 3.51. The molecule has 15 heavy (non-hydrogen) atoms. The molecular weight excluding hydrogens is 294 g/mol. The Bertz CT molecular complexity index is 364. The number of nitrogens with one attached hydrogen (secondary N) is 1. The van der Waals surface area contributed by atoms with Crippen LogP contribution in [-0.4, -0.2) is 17.5 Å². The van der Waals surface area contributed by atoms with Crippen LogP contribution in [0.5, 0.6) is 0 Å². The topological polar surface area (TPSA) is 12.0 Å². The number of thioether (sulfide) groups is 1. The van der Waals surface area contributed by atoms with Gasteiger partial charge < -0.3 is 5.32 Å². The van der Waals surface area contributed by atoms with Crippen LogP contribution in [-0.2, 0) is 0 Å². The number of hydrogen-bond acceptors (Lipinski definition) is 2. The first-order chi connectivity index (χ1) is 7.16. The highest BCUT2D eigenvalue weighted by molar-refractivity contribution is 9.10. The van der Waals surface area contributed by atoms with Crippen LogP contribution in [0.4, 0.5) is 5.69 Å². The second-order valence-electron chi connectivity index (χ2n) is 3.79. The lowest BCUT2D eigenvalue weighted by molar-refractivity contribution is 0.812. The molecule has 1 unspecified atom stereocenters. The van der Waals surface area contributed by atoms with Crippen molar-refractivity contribution < 1.29 is 0 Å². The number of rotatable bonds is 2. The largest absolute Gasteiger partial charge is 0.380 e. The Morgan fingerprint density at radius 3 is 3.00 bits per heavy atom. The van der Waals surface area contributed by atoms with Crippen LogP contribution in [0.15, 0.2) is 16.6 Å². The Kier molecular flexibility index (Phi) is 3.86. The number of benzene rings is 1. The minimum atomic E-state index is 0.588. The predicted octanol–water partition coefficient (Wildman–Crippen LogP) is 4.33. The van der Waals surface area contributed by atoms with Crippen molar-refractivity contribution in [2.45, 2.75) is 19.4 Å². The van der Waals surface area contributed by atoms with Gasteiger partial charge in [0, 0.05) is 21.3 Å². The molecule has 1 nitrogen and oxygen atoms in total. The summed E-state index contributed by atoms with van der Waals surface area (Å²) in [6, 6.07) is 4.65. The summed E-state index contributed by atoms with van der Waals surface area (Å²) >= 11 is 11.7. The molecule has 0 aromatic heterocycles. The lowest BCUT2D eigenvalue weighted by atomic mass is 10.2. The standard InChI is InChI=1S/C11H13BrClNS/c1-7-4-9(12)11(5-10(7)13)14-8-2-3-15-6-8/h4-5,8,14H,2-3,6H2,1H3. The molecule has 1 atom stereocenters. The fraction of sp³-hybridized carbons (Fsp3) is 0.455. The van der Waals surface area contributed by atoms with E-state index < -0.39 is 0 Å². The highest BCUT2D eigenvalue weighted by Gasteiger charge is 2.16. The van der Waals surface area contributed by atoms with E-state index in [9.17, 15) is 0 Å². The Balaban J connectivity index is 2.16. The van der Waals surface area contributed by atoms with Crippen molar-refractivity contribution in [3.63, 3.8) is 0 Å². The van der Waals surface area contributed by atoms with E-state index >= 15 is 0 Å². The molecule has 1 aromatic carbocycles. The van der Waals surface area contributed by atoms with Crippen LogP contribution in [0, 0.1) is 6.92 Å². The van der Waals surface area contributed by atoms with Gasteiger partial charge in [-0.3, -0.25) is 0 Å². The first-order valence-corrected chi connectivity index (χ1v) is 7.29. The second-order valence-corrected chi connectivity index (χ2v) is 6.20. The molecule has 0 aliphatic carbocycles. The van der Waals surface area contributed by atoms with Gasteiger partial charge in [-0.2, -0.15) is 11.8 Å². The first kappa shape index (κ1) is 11.6. The first-order valence-electron chi connectivity index (χ1n) is 4.97. The zero-order valence-corrected chi connectivity index (χ0v) is 11.7. The van der Waals surface area contributed by atoms with E-state index in [2.05, 4.69) is 27.3 Å². The van der Waals surface area contributed by atoms with Crippen LogP contribution in [0.2, 0.25) is 5.02 Å². The molecule has 4 heteroatoms. The third-order valence-corrected chi connectivity index (χ3v) is 4.76. The summed E-state index contributed by atoms with van der Waals surface area (Å²) in [6.07, 6.45) is 1.24. The van der Waals surface area contributed by atoms with E-state index in [4.69, 9.17) is 11.6 Å². The maximum absolute atomic E-state index is 6.11. The molecule has 0 radical (unpaired) electrons. The van der Waals surface area contributed by atoms with Gasteiger partial charge in [0.05, 0.1) is 5.69 Å². The molecule has 82 valence electrons. The summed E-state index contributed by atoms with van der Waals surface area (Å²) < 4.78 is 1.10. The van der Waals surface area contributed by atoms with Crippen molar-refractivity contribution >= 4 is 45.0 Å². The Morgan fingerprint density at radius 1 is 1.53 bits per heavy atom. The highest BCUT2D eigenvalue weighted by atomic mass is 79.9. The molecular formula is C11H13BrClNS. The zero-order valence-electron chi connectivity index (χ0n) is 8.52. The molecule has 0 spiro atoms. The second kappa shape index (κ2) is 4.98. The van der Waals surface area contributed by atoms with Crippen LogP contribution >= 0.6 is 39.3 Å². The Hall–Kier alpha value is 0.140. The minimum absolute atomic E-state index is 0.588. The van der Waals surface area contributed by atoms with Crippen molar-refractivity contribution in [2.24, 2.45) is 0 Å². The van der Waals surface area contributed by atoms with Gasteiger partial charge in [-0.25, -0.2) is 0 Å². The Morgan fingerprint density at radius 2 is 2.33 bits per heavy atom. The third kappa shape index (κ3) is 2.83. The summed E-state index contributed by atoms with van der Waals surface area (Å²) in [5, 5.41) is 4.35. The molecule has 1 aliphatic heterocycles. The molecule has 2 rings (SSSR count). The van der Waals surface area contributed by atoms with Gasteiger partial charge in [0.1, 0.15) is 0 Å². The van der Waals surface area contributed by atoms with E-state index in [0.29, 0.717) is 6.04 Å². The SMILES string of the molecule is Cc1cc(Br)c(NC2CCSC2)cc1Cl. The van der Waals surface area contributed by atoms with Gasteiger partial charge in [0.2, 0.25) is 0 Å². The zero-order chi connectivity index (χ0) is 10.8. The predicted molar refractivity (Wildman–Crippen MR) is 73.2 cm³/mol. The number of aryl methyl sites for hydroxylation is 1. The van der Waals surface area contributed by atoms with Crippen LogP contribution in [0.1, 0.15) is 12.0 Å². The fourth-order valence-electron chi connectivity index (χ4n) is 1.63. The molecule has 1 fully saturated rings. The van der Waals surface area contributed by atoms with Crippen molar-refractivity contribution in [1.29, 1.82) is 0 Å². The van der Waals surface area contributed by atoms with Gasteiger partial charge in [0.15, 0.2) is 0 Å². The molecule has 0 bridgehead atoms. The Labute approximate surface area is 108 Å². The molecule has 0 amide bonds. The van der Waals surface area contributed by atoms with Crippen molar-refractivity contribution in [2.75, 3.05) is 16.8 Å². The van der Waals surface area contributed by atoms with Crippen LogP contribution < -0.4 is 5.32 Å². The quantitative estimate of drug-likeness (QED) is 0.873. The number of anilines is 1. The number of halogens is 2. The van der Waals surface area contributed by atoms with E-state index in [-0.39, 0.29) is 0 Å². The van der Waals surface area contributed by atoms with Gasteiger partial charge in [-0.1, -0.05) is 11.6 Å². The van der Waals surface area contributed by atoms with E-state index in [1.807, 2.05) is 24.8 Å². The van der Waals surface area contributed by atoms with E-state index in [1.54, 1.807) is 0 Å². The summed E-state index contributed by atoms with van der Waals surface area (Å²) in [7, 11) is 0. The van der Waals surface area contributed by atoms with Gasteiger partial charge >= 0.3 is 0 Å². The molecule has 1 saturated heterocycles. The van der Waals surface area contributed by atoms with Gasteiger partial charge in [-0.05, 0) is 52.7 Å². The third-order valence-electron chi connectivity index (χ3n) is 2.54. The maximum atomic E-state index is 6.11. The minimum Gasteiger partial charge on any atom is -0.380 e. The van der Waals surface area contributed by atoms with Crippen molar-refractivity contribution in [3.05, 3.63) is 27.2 Å². The normalized spacial score (nSPS) is 20.6. The smallest absolute Gasteiger partial charge is 0.0502 e. The van der Waals surface area contributed by atoms with Crippen LogP contribution in [0.25, 0.3) is 0 Å². The molecule has 1 N–H and O–H groups in total. The lowest BCUT2D eigenvalue weighted by Gasteiger charge is -2.15. The van der Waals surface area contributed by atoms with Crippen LogP contribution in [0.3, 0.4) is 0 Å². The van der Waals surface area contributed by atoms with E-state index in [1.165, 1.54) is 17.9 Å². The van der Waals surface area contributed by atoms with Gasteiger partial charge in [-0.15, -0.1) is 0 Å². The average Bonchev–Trinajstić information content (AvgIpc) is 2.67. The summed E-state index contributed by atoms with van der Waals surface area (Å²) in [5.41, 5.74) is 2.22. The van der Waals surface area contributed by atoms with Gasteiger partial charge in [0.25, 0.3) is 0 Å². The number of hydrogen-bond donors (Lipinski definition) is 1. The molecule has 1 aliphatic rings. The summed E-state index contributed by atoms with van der Waals surface area (Å²) in [4.78, 5) is 0. The summed E-state index contributed by atoms with van der Waals surface area (Å²) in [5.74, 6) is 2.45. The van der Waals surface area contributed by atoms with Crippen molar-refractivity contribution in [1.82, 2.24) is 0 Å². The average molecular weight is 307 g/mol. The monoisotopic (exact) mass is 305 g/mol. The molecule has 1 aromatic rings. The summed E-state index contributed by atoms with van der Waals surface area (Å²) in [6.45, 7) is 2.02. The molecule has 1 heterocycles. The molecule has 0 saturated carbocycles. The highest BCUT2D eigenvalue weighted by Crippen LogP contribution is 2.31.